The van der Waals surface area contributed by atoms with E-state index < -0.39 is 12.0 Å². The van der Waals surface area contributed by atoms with E-state index in [1.165, 1.54) is 0 Å². The van der Waals surface area contributed by atoms with Gasteiger partial charge in [0.1, 0.15) is 11.8 Å². The molecule has 0 aromatic heterocycles. The fourth-order valence-corrected chi connectivity index (χ4v) is 2.76. The average molecular weight is 266 g/mol. The highest BCUT2D eigenvalue weighted by Gasteiger charge is 2.30. The topological polar surface area (TPSA) is 69.6 Å². The van der Waals surface area contributed by atoms with Crippen LogP contribution in [0.3, 0.4) is 0 Å². The van der Waals surface area contributed by atoms with Crippen LogP contribution in [0.4, 0.5) is 0 Å². The van der Waals surface area contributed by atoms with E-state index in [-0.39, 0.29) is 14.2 Å². The zero-order chi connectivity index (χ0) is 13.0. The molecule has 0 saturated carbocycles. The molecule has 0 bridgehead atoms. The number of carboxylic acid groups (broad SMARTS) is 1. The van der Waals surface area contributed by atoms with Gasteiger partial charge in [0, 0.05) is 19.6 Å². The van der Waals surface area contributed by atoms with E-state index >= 15 is 0 Å². The van der Waals surface area contributed by atoms with Crippen LogP contribution in [0, 0.1) is 0 Å². The summed E-state index contributed by atoms with van der Waals surface area (Å²) in [6.07, 6.45) is 0. The number of benzene rings is 1. The van der Waals surface area contributed by atoms with Crippen molar-refractivity contribution in [2.45, 2.75) is 11.8 Å². The largest absolute Gasteiger partial charge is 0.480 e. The fourth-order valence-electron chi connectivity index (χ4n) is 2.12. The van der Waals surface area contributed by atoms with Gasteiger partial charge in [-0.3, -0.25) is 14.3 Å². The Labute approximate surface area is 107 Å². The van der Waals surface area contributed by atoms with Crippen LogP contribution in [0.1, 0.15) is 11.3 Å². The Hall–Kier alpha value is -1.29. The van der Waals surface area contributed by atoms with E-state index in [1.54, 1.807) is 0 Å². The highest BCUT2D eigenvalue weighted by molar-refractivity contribution is 7.24. The monoisotopic (exact) mass is 266 g/mol. The summed E-state index contributed by atoms with van der Waals surface area (Å²) in [4.78, 5) is 12.9. The van der Waals surface area contributed by atoms with Crippen LogP contribution >= 0.6 is 8.46 Å². The van der Waals surface area contributed by atoms with Gasteiger partial charge in [0.15, 0.2) is 8.46 Å². The predicted molar refractivity (Wildman–Crippen MR) is 67.8 cm³/mol. The number of rotatable bonds is 4. The molecule has 96 valence electrons. The molecule has 2 rings (SSSR count). The van der Waals surface area contributed by atoms with Gasteiger partial charge in [0.25, 0.3) is 0 Å². The molecule has 0 spiro atoms. The number of nitrogens with zero attached hydrogens (tertiary/aromatic N) is 1. The van der Waals surface area contributed by atoms with Crippen LogP contribution < -0.4 is 5.32 Å². The van der Waals surface area contributed by atoms with Gasteiger partial charge >= 0.3 is 5.97 Å². The Morgan fingerprint density at radius 1 is 1.44 bits per heavy atom. The molecule has 1 aliphatic rings. The maximum atomic E-state index is 11.4. The second-order valence-electron chi connectivity index (χ2n) is 4.23. The lowest BCUT2D eigenvalue weighted by Gasteiger charge is -2.34. The summed E-state index contributed by atoms with van der Waals surface area (Å²) in [5.41, 5.74) is 0.945. The van der Waals surface area contributed by atoms with Crippen LogP contribution in [0.15, 0.2) is 30.3 Å². The van der Waals surface area contributed by atoms with Crippen molar-refractivity contribution in [3.05, 3.63) is 35.9 Å². The Balaban J connectivity index is 2.13. The van der Waals surface area contributed by atoms with E-state index in [4.69, 9.17) is 5.11 Å². The standard InChI is InChI=1S/C12H15N2O3P/c15-12(16)10-8-14(7-6-13-10)11(18-17)9-4-2-1-3-5-9/h1-5,10-11,13H,6-8H2,(H,15,16). The van der Waals surface area contributed by atoms with E-state index in [0.29, 0.717) is 19.6 Å². The third kappa shape index (κ3) is 2.93. The number of carboxylic acids is 1. The van der Waals surface area contributed by atoms with Gasteiger partial charge in [-0.25, -0.2) is 0 Å². The van der Waals surface area contributed by atoms with Gasteiger partial charge in [0.2, 0.25) is 0 Å². The van der Waals surface area contributed by atoms with E-state index in [9.17, 15) is 9.36 Å². The van der Waals surface area contributed by atoms with Gasteiger partial charge in [-0.1, -0.05) is 30.3 Å². The zero-order valence-electron chi connectivity index (χ0n) is 9.82. The summed E-state index contributed by atoms with van der Waals surface area (Å²) < 4.78 is 11.4. The van der Waals surface area contributed by atoms with Crippen molar-refractivity contribution in [3.63, 3.8) is 0 Å². The zero-order valence-corrected chi connectivity index (χ0v) is 10.7. The number of nitrogens with one attached hydrogen (secondary N) is 1. The summed E-state index contributed by atoms with van der Waals surface area (Å²) in [5.74, 6) is -1.13. The molecule has 5 nitrogen and oxygen atoms in total. The number of piperazine rings is 1. The molecule has 1 saturated heterocycles. The molecule has 18 heavy (non-hydrogen) atoms. The summed E-state index contributed by atoms with van der Waals surface area (Å²) in [7, 11) is -0.00291. The lowest BCUT2D eigenvalue weighted by molar-refractivity contribution is -0.140. The van der Waals surface area contributed by atoms with Gasteiger partial charge in [-0.15, -0.1) is 0 Å². The van der Waals surface area contributed by atoms with Gasteiger partial charge in [0.05, 0.1) is 0 Å². The molecular formula is C12H15N2O3P. The third-order valence-corrected chi connectivity index (χ3v) is 3.87. The van der Waals surface area contributed by atoms with Crippen molar-refractivity contribution in [1.29, 1.82) is 0 Å². The van der Waals surface area contributed by atoms with Crippen LogP contribution in [-0.4, -0.2) is 41.7 Å². The minimum absolute atomic E-state index is 0.00291. The summed E-state index contributed by atoms with van der Waals surface area (Å²) >= 11 is 0. The highest BCUT2D eigenvalue weighted by Crippen LogP contribution is 2.31. The molecule has 2 atom stereocenters. The molecule has 1 heterocycles. The van der Waals surface area contributed by atoms with Crippen LogP contribution in [-0.2, 0) is 9.36 Å². The molecule has 6 heteroatoms. The number of carbonyl (C=O) groups is 1. The average Bonchev–Trinajstić information content (AvgIpc) is 2.41. The summed E-state index contributed by atoms with van der Waals surface area (Å²) in [6, 6.07) is 8.92. The van der Waals surface area contributed by atoms with E-state index in [1.807, 2.05) is 35.2 Å². The Kier molecular flexibility index (Phi) is 4.42. The molecule has 0 radical (unpaired) electrons. The first-order valence-corrected chi connectivity index (χ1v) is 6.68. The number of hydrogen-bond acceptors (Lipinski definition) is 4. The summed E-state index contributed by atoms with van der Waals surface area (Å²) in [5, 5.41) is 11.9. The molecule has 0 aliphatic carbocycles. The number of hydrogen-bond donors (Lipinski definition) is 2. The van der Waals surface area contributed by atoms with Gasteiger partial charge < -0.3 is 10.4 Å². The van der Waals surface area contributed by atoms with E-state index in [2.05, 4.69) is 5.32 Å². The van der Waals surface area contributed by atoms with Gasteiger partial charge in [-0.2, -0.15) is 0 Å². The second kappa shape index (κ2) is 6.05. The normalized spacial score (nSPS) is 22.8. The molecular weight excluding hydrogens is 251 g/mol. The lowest BCUT2D eigenvalue weighted by atomic mass is 10.1. The van der Waals surface area contributed by atoms with Crippen molar-refractivity contribution >= 4 is 14.4 Å². The minimum atomic E-state index is -0.867. The Morgan fingerprint density at radius 3 is 2.78 bits per heavy atom. The lowest BCUT2D eigenvalue weighted by Crippen LogP contribution is -2.54. The van der Waals surface area contributed by atoms with Crippen molar-refractivity contribution in [1.82, 2.24) is 10.2 Å². The maximum absolute atomic E-state index is 11.4. The minimum Gasteiger partial charge on any atom is -0.480 e. The quantitative estimate of drug-likeness (QED) is 0.805. The fraction of sp³-hybridized carbons (Fsp3) is 0.417. The molecule has 1 aliphatic heterocycles. The molecule has 2 unspecified atom stereocenters. The predicted octanol–water partition coefficient (Wildman–Crippen LogP) is 1.34. The van der Waals surface area contributed by atoms with Crippen molar-refractivity contribution in [2.75, 3.05) is 19.6 Å². The molecule has 0 amide bonds. The van der Waals surface area contributed by atoms with Crippen LogP contribution in [0.25, 0.3) is 0 Å². The molecule has 2 N–H and O–H groups in total. The van der Waals surface area contributed by atoms with Gasteiger partial charge in [-0.05, 0) is 5.56 Å². The Morgan fingerprint density at radius 2 is 2.17 bits per heavy atom. The first kappa shape index (κ1) is 13.1. The second-order valence-corrected chi connectivity index (χ2v) is 4.93. The highest BCUT2D eigenvalue weighted by atomic mass is 31.1. The molecule has 1 fully saturated rings. The summed E-state index contributed by atoms with van der Waals surface area (Å²) in [6.45, 7) is 1.65. The van der Waals surface area contributed by atoms with Crippen molar-refractivity contribution < 1.29 is 14.5 Å². The maximum Gasteiger partial charge on any atom is 0.322 e. The smallest absolute Gasteiger partial charge is 0.322 e. The van der Waals surface area contributed by atoms with Crippen molar-refractivity contribution in [2.24, 2.45) is 0 Å². The first-order valence-electron chi connectivity index (χ1n) is 5.80. The SMILES string of the molecule is O=PC(c1ccccc1)N1CCNC(C(=O)O)C1. The third-order valence-electron chi connectivity index (χ3n) is 3.05. The van der Waals surface area contributed by atoms with Crippen LogP contribution in [0.2, 0.25) is 0 Å². The first-order chi connectivity index (χ1) is 8.72. The Bertz CT molecular complexity index is 427. The molecule has 1 aromatic carbocycles. The molecule has 1 aromatic rings. The van der Waals surface area contributed by atoms with Crippen LogP contribution in [0.5, 0.6) is 0 Å². The number of aliphatic carboxylic acids is 1. The van der Waals surface area contributed by atoms with E-state index in [0.717, 1.165) is 5.56 Å². The van der Waals surface area contributed by atoms with Crippen molar-refractivity contribution in [3.8, 4) is 0 Å².